The molecule has 0 saturated heterocycles. The van der Waals surface area contributed by atoms with Gasteiger partial charge in [-0.05, 0) is 49.7 Å². The fourth-order valence-electron chi connectivity index (χ4n) is 9.40. The molecule has 290 valence electrons. The second-order valence-corrected chi connectivity index (χ2v) is 35.3. The molecule has 0 bridgehead atoms. The van der Waals surface area contributed by atoms with Crippen LogP contribution in [0.2, 0.25) is 26.2 Å². The molecule has 0 aromatic heterocycles. The summed E-state index contributed by atoms with van der Waals surface area (Å²) in [5, 5.41) is 11.6. The minimum atomic E-state index is -2.79. The Hall–Kier alpha value is -5.41. The second kappa shape index (κ2) is 17.4. The predicted molar refractivity (Wildman–Crippen MR) is 273 cm³/mol. The fraction of sp³-hybridized carbons (Fsp3) is 0.0741. The van der Waals surface area contributed by atoms with E-state index < -0.39 is 32.3 Å². The van der Waals surface area contributed by atoms with E-state index in [0.717, 1.165) is 0 Å². The molecule has 0 unspecified atom stereocenters. The van der Waals surface area contributed by atoms with Crippen molar-refractivity contribution in [3.63, 3.8) is 0 Å². The van der Waals surface area contributed by atoms with Crippen molar-refractivity contribution in [3.8, 4) is 0 Å². The normalized spacial score (nSPS) is 12.1. The van der Waals surface area contributed by atoms with Crippen molar-refractivity contribution in [2.45, 2.75) is 26.2 Å². The maximum absolute atomic E-state index is 2.79. The molecule has 0 nitrogen and oxygen atoms in total. The minimum Gasteiger partial charge on any atom is -0.169 e. The molecule has 59 heavy (non-hydrogen) atoms. The first-order chi connectivity index (χ1) is 28.8. The third kappa shape index (κ3) is 7.43. The molecule has 0 aliphatic rings. The van der Waals surface area contributed by atoms with Gasteiger partial charge in [0.2, 0.25) is 0 Å². The van der Waals surface area contributed by atoms with Gasteiger partial charge in [0, 0.05) is 0 Å². The highest BCUT2D eigenvalue weighted by Crippen LogP contribution is 2.26. The van der Waals surface area contributed by atoms with E-state index in [2.05, 4.69) is 280 Å². The van der Waals surface area contributed by atoms with Crippen LogP contribution in [0.3, 0.4) is 0 Å². The molecule has 0 spiro atoms. The molecule has 0 aliphatic heterocycles. The van der Waals surface area contributed by atoms with Crippen LogP contribution in [0, 0.1) is 0 Å². The summed E-state index contributed by atoms with van der Waals surface area (Å²) in [6.45, 7) is 10.7. The van der Waals surface area contributed by atoms with Gasteiger partial charge in [-0.1, -0.05) is 269 Å². The summed E-state index contributed by atoms with van der Waals surface area (Å²) in [6, 6.07) is 92.6. The summed E-state index contributed by atoms with van der Waals surface area (Å²) in [5.41, 5.74) is 0. The molecular formula is C54H52SSi4. The smallest absolute Gasteiger partial charge is 0.148 e. The van der Waals surface area contributed by atoms with Crippen LogP contribution in [0.15, 0.2) is 243 Å². The summed E-state index contributed by atoms with van der Waals surface area (Å²) < 4.78 is 3.34. The maximum atomic E-state index is 2.67. The van der Waals surface area contributed by atoms with E-state index in [9.17, 15) is 0 Å². The first kappa shape index (κ1) is 40.4. The van der Waals surface area contributed by atoms with Crippen LogP contribution in [0.1, 0.15) is 0 Å². The Bertz CT molecular complexity index is 2130. The average Bonchev–Trinajstić information content (AvgIpc) is 3.33. The molecule has 0 fully saturated rings. The summed E-state index contributed by atoms with van der Waals surface area (Å²) in [6.07, 6.45) is 0. The summed E-state index contributed by atoms with van der Waals surface area (Å²) >= 11 is 0. The van der Waals surface area contributed by atoms with Gasteiger partial charge in [-0.3, -0.25) is 0 Å². The highest BCUT2D eigenvalue weighted by atomic mass is 32.1. The topological polar surface area (TPSA) is 0 Å². The third-order valence-electron chi connectivity index (χ3n) is 12.8. The molecule has 8 aromatic rings. The van der Waals surface area contributed by atoms with Gasteiger partial charge < -0.3 is 0 Å². The van der Waals surface area contributed by atoms with Crippen molar-refractivity contribution < 1.29 is 0 Å². The van der Waals surface area contributed by atoms with Crippen LogP contribution in [-0.2, 0) is 0 Å². The van der Waals surface area contributed by atoms with Gasteiger partial charge in [0.1, 0.15) is 32.3 Å². The quantitative estimate of drug-likeness (QED) is 0.0871. The van der Waals surface area contributed by atoms with Crippen LogP contribution < -0.4 is 41.5 Å². The standard InChI is InChI=1S/C54H52SSi4/c1-56(45-29-13-5-14-30-45,46-31-15-6-16-32-46)53(57(2,47-33-17-7-18-34-47)48-35-19-8-20-36-48)55-54(58(3,49-37-21-9-22-38-49)50-39-23-10-24-40-50)59(4,51-41-25-11-26-42-51)52-43-27-12-28-44-52/h5-44H,1-4H3. The van der Waals surface area contributed by atoms with Gasteiger partial charge in [0.15, 0.2) is 0 Å². The van der Waals surface area contributed by atoms with Crippen molar-refractivity contribution in [1.82, 2.24) is 0 Å². The van der Waals surface area contributed by atoms with Crippen LogP contribution in [0.4, 0.5) is 0 Å². The molecule has 0 heterocycles. The molecule has 8 aromatic carbocycles. The van der Waals surface area contributed by atoms with Gasteiger partial charge in [-0.15, -0.1) is 0 Å². The van der Waals surface area contributed by atoms with E-state index in [1.54, 1.807) is 8.22 Å². The third-order valence-corrected chi connectivity index (χ3v) is 40.9. The lowest BCUT2D eigenvalue weighted by molar-refractivity contribution is 1.69. The number of rotatable bonds is 12. The highest BCUT2D eigenvalue weighted by Gasteiger charge is 2.52. The summed E-state index contributed by atoms with van der Waals surface area (Å²) in [5.74, 6) is 0. The van der Waals surface area contributed by atoms with Crippen LogP contribution in [0.5, 0.6) is 0 Å². The Morgan fingerprint density at radius 1 is 0.220 bits per heavy atom. The zero-order valence-corrected chi connectivity index (χ0v) is 39.3. The Kier molecular flexibility index (Phi) is 11.9. The monoisotopic (exact) mass is 844 g/mol. The first-order valence-corrected chi connectivity index (χ1v) is 31.5. The minimum absolute atomic E-state index is 1.45. The molecule has 0 radical (unpaired) electrons. The Labute approximate surface area is 359 Å². The SMILES string of the molecule is C[Si](C(=S=C([Si](C)(c1ccccc1)c1ccccc1)[Si](C)(c1ccccc1)c1ccccc1)[Si](C)(c1ccccc1)c1ccccc1)(c1ccccc1)c1ccccc1. The molecule has 5 heteroatoms. The van der Waals surface area contributed by atoms with Crippen molar-refractivity contribution >= 4 is 93.0 Å². The van der Waals surface area contributed by atoms with E-state index in [-0.39, 0.29) is 0 Å². The van der Waals surface area contributed by atoms with Crippen molar-refractivity contribution in [2.24, 2.45) is 0 Å². The van der Waals surface area contributed by atoms with Gasteiger partial charge in [0.05, 0.1) is 0 Å². The van der Waals surface area contributed by atoms with E-state index in [4.69, 9.17) is 0 Å². The lowest BCUT2D eigenvalue weighted by atomic mass is 10.4. The molecular weight excluding hydrogens is 793 g/mol. The molecule has 0 atom stereocenters. The molecule has 0 aliphatic carbocycles. The number of hydrogen-bond donors (Lipinski definition) is 0. The lowest BCUT2D eigenvalue weighted by Crippen LogP contribution is -2.77. The van der Waals surface area contributed by atoms with Crippen LogP contribution in [0.25, 0.3) is 0 Å². The van der Waals surface area contributed by atoms with Crippen LogP contribution in [-0.4, -0.2) is 40.5 Å². The van der Waals surface area contributed by atoms with Crippen molar-refractivity contribution in [1.29, 1.82) is 0 Å². The largest absolute Gasteiger partial charge is 0.169 e. The zero-order valence-electron chi connectivity index (χ0n) is 34.5. The Balaban J connectivity index is 1.72. The Morgan fingerprint density at radius 2 is 0.339 bits per heavy atom. The van der Waals surface area contributed by atoms with E-state index in [0.29, 0.717) is 0 Å². The van der Waals surface area contributed by atoms with E-state index in [1.165, 1.54) is 41.5 Å². The predicted octanol–water partition coefficient (Wildman–Crippen LogP) is 7.79. The van der Waals surface area contributed by atoms with Gasteiger partial charge in [-0.2, -0.15) is 10.9 Å². The number of benzene rings is 8. The van der Waals surface area contributed by atoms with E-state index >= 15 is 0 Å². The highest BCUT2D eigenvalue weighted by molar-refractivity contribution is 8.12. The van der Waals surface area contributed by atoms with Crippen molar-refractivity contribution in [2.75, 3.05) is 0 Å². The molecule has 0 saturated carbocycles. The first-order valence-electron chi connectivity index (χ1n) is 20.7. The van der Waals surface area contributed by atoms with Gasteiger partial charge in [-0.25, -0.2) is 0 Å². The van der Waals surface area contributed by atoms with Crippen molar-refractivity contribution in [3.05, 3.63) is 243 Å². The lowest BCUT2D eigenvalue weighted by Gasteiger charge is -2.44. The van der Waals surface area contributed by atoms with Crippen LogP contribution >= 0.6 is 10.9 Å². The molecule has 8 rings (SSSR count). The molecule has 0 amide bonds. The molecule has 0 N–H and O–H groups in total. The second-order valence-electron chi connectivity index (χ2n) is 16.2. The zero-order chi connectivity index (χ0) is 40.8. The van der Waals surface area contributed by atoms with E-state index in [1.807, 2.05) is 0 Å². The summed E-state index contributed by atoms with van der Waals surface area (Å²) in [4.78, 5) is 0. The van der Waals surface area contributed by atoms with Gasteiger partial charge >= 0.3 is 0 Å². The number of hydrogen-bond acceptors (Lipinski definition) is 0. The fourth-order valence-corrected chi connectivity index (χ4v) is 39.9. The van der Waals surface area contributed by atoms with Gasteiger partial charge in [0.25, 0.3) is 0 Å². The summed E-state index contributed by atoms with van der Waals surface area (Å²) in [7, 11) is -8.91. The maximum Gasteiger partial charge on any atom is 0.148 e. The Morgan fingerprint density at radius 3 is 0.458 bits per heavy atom. The average molecular weight is 845 g/mol.